The van der Waals surface area contributed by atoms with E-state index in [1.165, 1.54) is 11.3 Å². The van der Waals surface area contributed by atoms with E-state index in [1.807, 2.05) is 27.7 Å². The van der Waals surface area contributed by atoms with Crippen LogP contribution in [0.5, 0.6) is 0 Å². The van der Waals surface area contributed by atoms with E-state index in [2.05, 4.69) is 10.3 Å². The summed E-state index contributed by atoms with van der Waals surface area (Å²) in [7, 11) is 0. The van der Waals surface area contributed by atoms with Gasteiger partial charge in [-0.1, -0.05) is 0 Å². The highest BCUT2D eigenvalue weighted by Gasteiger charge is 2.27. The SMILES string of the molecule is Cc1nc(C(=O)NC(C)(C)C(C)Cl)cs1. The van der Waals surface area contributed by atoms with E-state index < -0.39 is 5.54 Å². The summed E-state index contributed by atoms with van der Waals surface area (Å²) in [4.78, 5) is 15.9. The fourth-order valence-electron chi connectivity index (χ4n) is 0.924. The second-order valence-electron chi connectivity index (χ2n) is 4.04. The normalized spacial score (nSPS) is 13.7. The van der Waals surface area contributed by atoms with Gasteiger partial charge in [0.05, 0.1) is 15.9 Å². The van der Waals surface area contributed by atoms with Gasteiger partial charge in [-0.15, -0.1) is 22.9 Å². The standard InChI is InChI=1S/C10H15ClN2OS/c1-6(11)10(3,4)13-9(14)8-5-15-7(2)12-8/h5-6H,1-4H3,(H,13,14). The largest absolute Gasteiger partial charge is 0.344 e. The molecule has 0 aliphatic heterocycles. The molecule has 0 spiro atoms. The van der Waals surface area contributed by atoms with Crippen molar-refractivity contribution in [3.63, 3.8) is 0 Å². The zero-order chi connectivity index (χ0) is 11.6. The van der Waals surface area contributed by atoms with Gasteiger partial charge in [0, 0.05) is 5.38 Å². The lowest BCUT2D eigenvalue weighted by Crippen LogP contribution is -2.49. The molecule has 0 radical (unpaired) electrons. The van der Waals surface area contributed by atoms with Crippen LogP contribution in [0.4, 0.5) is 0 Å². The maximum atomic E-state index is 11.8. The van der Waals surface area contributed by atoms with Crippen LogP contribution >= 0.6 is 22.9 Å². The van der Waals surface area contributed by atoms with Gasteiger partial charge in [-0.3, -0.25) is 4.79 Å². The van der Waals surface area contributed by atoms with Gasteiger partial charge in [-0.05, 0) is 27.7 Å². The molecule has 1 aromatic heterocycles. The Morgan fingerprint density at radius 2 is 2.27 bits per heavy atom. The zero-order valence-electron chi connectivity index (χ0n) is 9.30. The molecule has 1 heterocycles. The van der Waals surface area contributed by atoms with E-state index in [9.17, 15) is 4.79 Å². The second kappa shape index (κ2) is 4.49. The summed E-state index contributed by atoms with van der Waals surface area (Å²) in [5, 5.41) is 5.36. The number of aryl methyl sites for hydroxylation is 1. The summed E-state index contributed by atoms with van der Waals surface area (Å²) >= 11 is 7.44. The Hall–Kier alpha value is -0.610. The smallest absolute Gasteiger partial charge is 0.271 e. The predicted octanol–water partition coefficient (Wildman–Crippen LogP) is 2.59. The summed E-state index contributed by atoms with van der Waals surface area (Å²) in [6, 6.07) is 0. The number of alkyl halides is 1. The first-order valence-electron chi connectivity index (χ1n) is 4.71. The molecule has 1 atom stereocenters. The van der Waals surface area contributed by atoms with E-state index in [0.717, 1.165) is 5.01 Å². The van der Waals surface area contributed by atoms with E-state index in [0.29, 0.717) is 5.69 Å². The predicted molar refractivity (Wildman–Crippen MR) is 63.7 cm³/mol. The van der Waals surface area contributed by atoms with Crippen LogP contribution in [0.2, 0.25) is 0 Å². The third-order valence-electron chi connectivity index (χ3n) is 2.28. The highest BCUT2D eigenvalue weighted by Crippen LogP contribution is 2.16. The Labute approximate surface area is 98.9 Å². The summed E-state index contributed by atoms with van der Waals surface area (Å²) in [6.07, 6.45) is 0. The average Bonchev–Trinajstić information content (AvgIpc) is 2.50. The molecule has 0 saturated carbocycles. The van der Waals surface area contributed by atoms with Crippen LogP contribution in [0.15, 0.2) is 5.38 Å². The van der Waals surface area contributed by atoms with Crippen molar-refractivity contribution in [2.75, 3.05) is 0 Å². The molecule has 0 fully saturated rings. The Bertz CT molecular complexity index is 360. The Morgan fingerprint density at radius 3 is 2.67 bits per heavy atom. The monoisotopic (exact) mass is 246 g/mol. The highest BCUT2D eigenvalue weighted by molar-refractivity contribution is 7.09. The maximum Gasteiger partial charge on any atom is 0.271 e. The molecule has 1 N–H and O–H groups in total. The molecule has 0 aliphatic carbocycles. The zero-order valence-corrected chi connectivity index (χ0v) is 10.9. The number of nitrogens with one attached hydrogen (secondary N) is 1. The molecule has 15 heavy (non-hydrogen) atoms. The lowest BCUT2D eigenvalue weighted by Gasteiger charge is -2.28. The van der Waals surface area contributed by atoms with Gasteiger partial charge in [-0.2, -0.15) is 0 Å². The van der Waals surface area contributed by atoms with Gasteiger partial charge in [0.2, 0.25) is 0 Å². The molecule has 1 aromatic rings. The van der Waals surface area contributed by atoms with Crippen molar-refractivity contribution in [3.05, 3.63) is 16.1 Å². The molecule has 5 heteroatoms. The lowest BCUT2D eigenvalue weighted by molar-refractivity contribution is 0.0908. The van der Waals surface area contributed by atoms with Crippen LogP contribution < -0.4 is 5.32 Å². The molecule has 3 nitrogen and oxygen atoms in total. The van der Waals surface area contributed by atoms with Gasteiger partial charge in [0.25, 0.3) is 5.91 Å². The quantitative estimate of drug-likeness (QED) is 0.833. The number of rotatable bonds is 3. The first-order valence-corrected chi connectivity index (χ1v) is 6.03. The van der Waals surface area contributed by atoms with Crippen LogP contribution in [0, 0.1) is 6.92 Å². The number of amides is 1. The van der Waals surface area contributed by atoms with Crippen molar-refractivity contribution in [3.8, 4) is 0 Å². The van der Waals surface area contributed by atoms with Crippen molar-refractivity contribution < 1.29 is 4.79 Å². The molecule has 1 unspecified atom stereocenters. The molecular formula is C10H15ClN2OS. The lowest BCUT2D eigenvalue weighted by atomic mass is 10.0. The molecule has 0 aromatic carbocycles. The molecule has 0 aliphatic rings. The van der Waals surface area contributed by atoms with Gasteiger partial charge in [0.1, 0.15) is 5.69 Å². The Kier molecular flexibility index (Phi) is 3.73. The number of thiazole rings is 1. The number of carbonyl (C=O) groups excluding carboxylic acids is 1. The average molecular weight is 247 g/mol. The summed E-state index contributed by atoms with van der Waals surface area (Å²) in [5.74, 6) is -0.170. The minimum atomic E-state index is -0.434. The number of hydrogen-bond donors (Lipinski definition) is 1. The fraction of sp³-hybridized carbons (Fsp3) is 0.600. The van der Waals surface area contributed by atoms with Crippen molar-refractivity contribution in [1.82, 2.24) is 10.3 Å². The van der Waals surface area contributed by atoms with Crippen molar-refractivity contribution in [1.29, 1.82) is 0 Å². The van der Waals surface area contributed by atoms with Crippen molar-refractivity contribution in [2.45, 2.75) is 38.6 Å². The Morgan fingerprint density at radius 1 is 1.67 bits per heavy atom. The highest BCUT2D eigenvalue weighted by atomic mass is 35.5. The van der Waals surface area contributed by atoms with Crippen LogP contribution in [-0.4, -0.2) is 21.8 Å². The number of hydrogen-bond acceptors (Lipinski definition) is 3. The number of halogens is 1. The molecule has 1 amide bonds. The summed E-state index contributed by atoms with van der Waals surface area (Å²) in [5.41, 5.74) is 0.0266. The van der Waals surface area contributed by atoms with Gasteiger partial charge in [0.15, 0.2) is 0 Å². The molecule has 84 valence electrons. The molecule has 1 rings (SSSR count). The number of nitrogens with zero attached hydrogens (tertiary/aromatic N) is 1. The van der Waals surface area contributed by atoms with Crippen LogP contribution in [0.1, 0.15) is 36.3 Å². The third-order valence-corrected chi connectivity index (χ3v) is 3.60. The molecular weight excluding hydrogens is 232 g/mol. The van der Waals surface area contributed by atoms with Crippen molar-refractivity contribution in [2.24, 2.45) is 0 Å². The molecule has 0 bridgehead atoms. The van der Waals surface area contributed by atoms with Gasteiger partial charge < -0.3 is 5.32 Å². The first-order chi connectivity index (χ1) is 6.83. The third kappa shape index (κ3) is 3.18. The minimum absolute atomic E-state index is 0.138. The first kappa shape index (κ1) is 12.5. The molecule has 0 saturated heterocycles. The van der Waals surface area contributed by atoms with E-state index in [1.54, 1.807) is 5.38 Å². The van der Waals surface area contributed by atoms with E-state index in [4.69, 9.17) is 11.6 Å². The maximum absolute atomic E-state index is 11.8. The van der Waals surface area contributed by atoms with E-state index in [-0.39, 0.29) is 11.3 Å². The minimum Gasteiger partial charge on any atom is -0.344 e. The summed E-state index contributed by atoms with van der Waals surface area (Å²) in [6.45, 7) is 7.51. The fourth-order valence-corrected chi connectivity index (χ4v) is 1.57. The van der Waals surface area contributed by atoms with Gasteiger partial charge in [-0.25, -0.2) is 4.98 Å². The van der Waals surface area contributed by atoms with Crippen LogP contribution in [0.25, 0.3) is 0 Å². The van der Waals surface area contributed by atoms with E-state index >= 15 is 0 Å². The van der Waals surface area contributed by atoms with Crippen LogP contribution in [0.3, 0.4) is 0 Å². The topological polar surface area (TPSA) is 42.0 Å². The second-order valence-corrected chi connectivity index (χ2v) is 5.76. The summed E-state index contributed by atoms with van der Waals surface area (Å²) < 4.78 is 0. The number of carbonyl (C=O) groups is 1. The van der Waals surface area contributed by atoms with Crippen LogP contribution in [-0.2, 0) is 0 Å². The van der Waals surface area contributed by atoms with Gasteiger partial charge >= 0.3 is 0 Å². The Balaban J connectivity index is 2.72. The number of aromatic nitrogens is 1. The van der Waals surface area contributed by atoms with Crippen molar-refractivity contribution >= 4 is 28.8 Å².